The van der Waals surface area contributed by atoms with Crippen molar-refractivity contribution in [3.63, 3.8) is 0 Å². The lowest BCUT2D eigenvalue weighted by molar-refractivity contribution is -0.148. The fourth-order valence-electron chi connectivity index (χ4n) is 6.82. The van der Waals surface area contributed by atoms with Gasteiger partial charge in [-0.1, -0.05) is 17.7 Å². The van der Waals surface area contributed by atoms with Gasteiger partial charge in [0.15, 0.2) is 17.3 Å². The number of aryl methyl sites for hydroxylation is 2. The summed E-state index contributed by atoms with van der Waals surface area (Å²) < 4.78 is 44.9. The summed E-state index contributed by atoms with van der Waals surface area (Å²) in [6, 6.07) is 9.19. The van der Waals surface area contributed by atoms with Crippen molar-refractivity contribution in [2.75, 3.05) is 5.32 Å². The topological polar surface area (TPSA) is 132 Å². The van der Waals surface area contributed by atoms with Crippen molar-refractivity contribution in [1.82, 2.24) is 23.5 Å². The molecule has 0 radical (unpaired) electrons. The van der Waals surface area contributed by atoms with Crippen molar-refractivity contribution in [3.8, 4) is 11.4 Å². The maximum Gasteiger partial charge on any atom is 0.308 e. The van der Waals surface area contributed by atoms with E-state index in [4.69, 9.17) is 9.97 Å². The molecule has 2 bridgehead atoms. The van der Waals surface area contributed by atoms with E-state index in [0.717, 1.165) is 41.4 Å². The lowest BCUT2D eigenvalue weighted by Crippen LogP contribution is -2.51. The first-order valence-corrected chi connectivity index (χ1v) is 15.4. The number of fused-ring (bicyclic) bond motifs is 5. The SMILES string of the molecule is Cc1ccc(S(=O)(=O)n2cc(-c3nc(NC4C5CCC(CC5)C4C(=O)O)c4c(ccn4C)n3)c3cc(F)cnc32)cc1. The van der Waals surface area contributed by atoms with Gasteiger partial charge in [-0.15, -0.1) is 0 Å². The maximum absolute atomic E-state index is 14.5. The Kier molecular flexibility index (Phi) is 6.08. The molecule has 3 saturated carbocycles. The summed E-state index contributed by atoms with van der Waals surface area (Å²) in [5.41, 5.74) is 2.54. The van der Waals surface area contributed by atoms with Crippen molar-refractivity contribution in [2.24, 2.45) is 24.8 Å². The maximum atomic E-state index is 14.5. The molecular weight excluding hydrogens is 559 g/mol. The van der Waals surface area contributed by atoms with Crippen LogP contribution in [0, 0.1) is 30.5 Å². The smallest absolute Gasteiger partial charge is 0.308 e. The van der Waals surface area contributed by atoms with Gasteiger partial charge in [-0.3, -0.25) is 4.79 Å². The lowest BCUT2D eigenvalue weighted by atomic mass is 9.61. The second kappa shape index (κ2) is 9.62. The van der Waals surface area contributed by atoms with Gasteiger partial charge in [-0.2, -0.15) is 0 Å². The number of rotatable bonds is 6. The molecule has 42 heavy (non-hydrogen) atoms. The Morgan fingerprint density at radius 1 is 1.07 bits per heavy atom. The number of benzene rings is 1. The molecule has 10 nitrogen and oxygen atoms in total. The third-order valence-electron chi connectivity index (χ3n) is 8.92. The summed E-state index contributed by atoms with van der Waals surface area (Å²) in [7, 11) is -2.23. The van der Waals surface area contributed by atoms with E-state index in [-0.39, 0.29) is 39.6 Å². The first kappa shape index (κ1) is 26.6. The highest BCUT2D eigenvalue weighted by molar-refractivity contribution is 7.90. The van der Waals surface area contributed by atoms with Crippen molar-refractivity contribution < 1.29 is 22.7 Å². The van der Waals surface area contributed by atoms with Crippen LogP contribution in [-0.4, -0.2) is 49.0 Å². The Balaban J connectivity index is 1.40. The fourth-order valence-corrected chi connectivity index (χ4v) is 8.15. The van der Waals surface area contributed by atoms with Gasteiger partial charge in [-0.25, -0.2) is 31.7 Å². The Hall–Kier alpha value is -4.32. The van der Waals surface area contributed by atoms with E-state index < -0.39 is 27.7 Å². The van der Waals surface area contributed by atoms with E-state index >= 15 is 0 Å². The number of aromatic nitrogens is 5. The second-order valence-corrected chi connectivity index (χ2v) is 13.3. The van der Waals surface area contributed by atoms with Crippen LogP contribution in [0.15, 0.2) is 59.9 Å². The molecule has 3 fully saturated rings. The molecule has 2 unspecified atom stereocenters. The van der Waals surface area contributed by atoms with Crippen molar-refractivity contribution >= 4 is 43.9 Å². The number of carboxylic acids is 1. The third-order valence-corrected chi connectivity index (χ3v) is 10.6. The average Bonchev–Trinajstić information content (AvgIpc) is 3.54. The summed E-state index contributed by atoms with van der Waals surface area (Å²) in [6.07, 6.45) is 7.91. The number of hydrogen-bond acceptors (Lipinski definition) is 7. The normalized spacial score (nSPS) is 22.2. The number of halogens is 1. The van der Waals surface area contributed by atoms with Crippen LogP contribution in [0.3, 0.4) is 0 Å². The Morgan fingerprint density at radius 3 is 2.50 bits per heavy atom. The predicted octanol–water partition coefficient (Wildman–Crippen LogP) is 4.97. The predicted molar refractivity (Wildman–Crippen MR) is 155 cm³/mol. The molecule has 3 aliphatic carbocycles. The van der Waals surface area contributed by atoms with Gasteiger partial charge in [0.05, 0.1) is 22.5 Å². The quantitative estimate of drug-likeness (QED) is 0.284. The standard InChI is InChI=1S/C30H29FN6O4S/c1-16-3-9-20(10-4-16)42(40,41)37-15-22(21-13-19(31)14-32-29(21)37)27-33-23-11-12-36(2)26(23)28(35-27)34-25-18-7-5-17(6-8-18)24(25)30(38)39/h3-4,9-15,17-18,24-25H,5-8H2,1-2H3,(H,38,39)(H,33,34,35). The molecule has 2 N–H and O–H groups in total. The summed E-state index contributed by atoms with van der Waals surface area (Å²) in [5, 5.41) is 13.8. The monoisotopic (exact) mass is 588 g/mol. The molecule has 0 saturated heterocycles. The number of hydrogen-bond donors (Lipinski definition) is 2. The van der Waals surface area contributed by atoms with Crippen LogP contribution in [0.2, 0.25) is 0 Å². The molecule has 5 aromatic rings. The van der Waals surface area contributed by atoms with Gasteiger partial charge in [0.1, 0.15) is 11.3 Å². The largest absolute Gasteiger partial charge is 0.481 e. The number of carbonyl (C=O) groups is 1. The van der Waals surface area contributed by atoms with Gasteiger partial charge in [0.2, 0.25) is 0 Å². The highest BCUT2D eigenvalue weighted by Crippen LogP contribution is 2.47. The van der Waals surface area contributed by atoms with Crippen LogP contribution in [0.25, 0.3) is 33.5 Å². The first-order valence-electron chi connectivity index (χ1n) is 13.9. The minimum Gasteiger partial charge on any atom is -0.481 e. The molecule has 216 valence electrons. The first-order chi connectivity index (χ1) is 20.1. The summed E-state index contributed by atoms with van der Waals surface area (Å²) in [5.74, 6) is -1.04. The van der Waals surface area contributed by atoms with Gasteiger partial charge in [-0.05, 0) is 68.7 Å². The minimum absolute atomic E-state index is 0.0498. The number of nitrogens with zero attached hydrogens (tertiary/aromatic N) is 5. The average molecular weight is 589 g/mol. The van der Waals surface area contributed by atoms with E-state index in [1.54, 1.807) is 12.1 Å². The second-order valence-electron chi connectivity index (χ2n) is 11.4. The molecule has 1 aromatic carbocycles. The van der Waals surface area contributed by atoms with Crippen LogP contribution in [0.1, 0.15) is 31.2 Å². The molecule has 12 heteroatoms. The zero-order chi connectivity index (χ0) is 29.3. The van der Waals surface area contributed by atoms with Crippen molar-refractivity contribution in [1.29, 1.82) is 0 Å². The van der Waals surface area contributed by atoms with Gasteiger partial charge >= 0.3 is 5.97 Å². The van der Waals surface area contributed by atoms with Crippen molar-refractivity contribution in [2.45, 2.75) is 43.5 Å². The molecule has 4 aromatic heterocycles. The number of nitrogens with one attached hydrogen (secondary N) is 1. The zero-order valence-corrected chi connectivity index (χ0v) is 23.8. The molecule has 4 heterocycles. The number of aliphatic carboxylic acids is 1. The summed E-state index contributed by atoms with van der Waals surface area (Å²) in [4.78, 5) is 26.1. The molecule has 8 rings (SSSR count). The van der Waals surface area contributed by atoms with Crippen LogP contribution >= 0.6 is 0 Å². The van der Waals surface area contributed by atoms with E-state index in [1.165, 1.54) is 24.4 Å². The van der Waals surface area contributed by atoms with Crippen LogP contribution in [0.4, 0.5) is 10.2 Å². The highest BCUT2D eigenvalue weighted by atomic mass is 32.2. The third kappa shape index (κ3) is 4.15. The van der Waals surface area contributed by atoms with Crippen LogP contribution < -0.4 is 5.32 Å². The Bertz CT molecular complexity index is 1980. The molecule has 2 atom stereocenters. The van der Waals surface area contributed by atoms with E-state index in [0.29, 0.717) is 22.4 Å². The Morgan fingerprint density at radius 2 is 1.79 bits per heavy atom. The van der Waals surface area contributed by atoms with Crippen molar-refractivity contribution in [3.05, 3.63) is 66.4 Å². The minimum atomic E-state index is -4.09. The van der Waals surface area contributed by atoms with E-state index in [2.05, 4.69) is 10.3 Å². The number of anilines is 1. The Labute approximate surface area is 241 Å². The molecular formula is C30H29FN6O4S. The highest BCUT2D eigenvalue weighted by Gasteiger charge is 2.47. The number of carboxylic acid groups (broad SMARTS) is 1. The fraction of sp³-hybridized carbons (Fsp3) is 0.333. The molecule has 0 spiro atoms. The lowest BCUT2D eigenvalue weighted by Gasteiger charge is -2.47. The summed E-state index contributed by atoms with van der Waals surface area (Å²) in [6.45, 7) is 1.86. The van der Waals surface area contributed by atoms with E-state index in [1.807, 2.05) is 30.8 Å². The van der Waals surface area contributed by atoms with Crippen LogP contribution in [-0.2, 0) is 21.9 Å². The molecule has 3 aliphatic rings. The van der Waals surface area contributed by atoms with Gasteiger partial charge in [0.25, 0.3) is 10.0 Å². The summed E-state index contributed by atoms with van der Waals surface area (Å²) >= 11 is 0. The zero-order valence-electron chi connectivity index (χ0n) is 23.0. The van der Waals surface area contributed by atoms with E-state index in [9.17, 15) is 22.7 Å². The van der Waals surface area contributed by atoms with Gasteiger partial charge < -0.3 is 15.0 Å². The van der Waals surface area contributed by atoms with Gasteiger partial charge in [0, 0.05) is 36.4 Å². The molecule has 0 amide bonds. The number of pyridine rings is 1. The molecule has 0 aliphatic heterocycles. The van der Waals surface area contributed by atoms with Crippen LogP contribution in [0.5, 0.6) is 0 Å².